The first-order valence-corrected chi connectivity index (χ1v) is 9.17. The van der Waals surface area contributed by atoms with Gasteiger partial charge in [-0.1, -0.05) is 12.1 Å². The monoisotopic (exact) mass is 386 g/mol. The number of anilines is 1. The molecule has 5 nitrogen and oxygen atoms in total. The maximum absolute atomic E-state index is 11.7. The van der Waals surface area contributed by atoms with E-state index in [1.807, 2.05) is 38.1 Å². The van der Waals surface area contributed by atoms with Crippen molar-refractivity contribution in [2.75, 3.05) is 19.0 Å². The van der Waals surface area contributed by atoms with E-state index in [4.69, 9.17) is 21.7 Å². The number of nitrogens with one attached hydrogen (secondary N) is 2. The quantitative estimate of drug-likeness (QED) is 0.574. The predicted octanol–water partition coefficient (Wildman–Crippen LogP) is 4.15. The first-order valence-electron chi connectivity index (χ1n) is 8.76. The Bertz CT molecular complexity index is 836. The number of methoxy groups -OCH3 is 1. The number of rotatable bonds is 6. The molecule has 0 aliphatic rings. The van der Waals surface area contributed by atoms with Crippen molar-refractivity contribution in [2.45, 2.75) is 33.7 Å². The summed E-state index contributed by atoms with van der Waals surface area (Å²) in [5.41, 5.74) is 4.65. The number of carbonyl (C=O) groups excluding carboxylic acids is 1. The van der Waals surface area contributed by atoms with Crippen LogP contribution in [0.1, 0.15) is 34.0 Å². The summed E-state index contributed by atoms with van der Waals surface area (Å²) in [5.74, 6) is 0.458. The van der Waals surface area contributed by atoms with Gasteiger partial charge in [-0.05, 0) is 80.9 Å². The predicted molar refractivity (Wildman–Crippen MR) is 113 cm³/mol. The van der Waals surface area contributed by atoms with E-state index >= 15 is 0 Å². The van der Waals surface area contributed by atoms with Gasteiger partial charge in [-0.25, -0.2) is 4.79 Å². The summed E-state index contributed by atoms with van der Waals surface area (Å²) in [7, 11) is 1.36. The molecule has 0 spiro atoms. The van der Waals surface area contributed by atoms with Crippen LogP contribution in [0.15, 0.2) is 36.4 Å². The Labute approximate surface area is 166 Å². The minimum Gasteiger partial charge on any atom is -0.491 e. The van der Waals surface area contributed by atoms with E-state index in [0.717, 1.165) is 17.0 Å². The van der Waals surface area contributed by atoms with Gasteiger partial charge in [0.15, 0.2) is 5.11 Å². The molecule has 1 atom stereocenters. The molecular weight excluding hydrogens is 360 g/mol. The fraction of sp³-hybridized carbons (Fsp3) is 0.333. The molecule has 27 heavy (non-hydrogen) atoms. The lowest BCUT2D eigenvalue weighted by Crippen LogP contribution is -2.39. The molecule has 2 aromatic rings. The third-order valence-electron chi connectivity index (χ3n) is 4.26. The van der Waals surface area contributed by atoms with Gasteiger partial charge in [0.1, 0.15) is 12.4 Å². The lowest BCUT2D eigenvalue weighted by Gasteiger charge is -2.19. The molecule has 0 aliphatic heterocycles. The molecule has 0 heterocycles. The van der Waals surface area contributed by atoms with Crippen molar-refractivity contribution >= 4 is 29.0 Å². The number of hydrogen-bond acceptors (Lipinski definition) is 4. The van der Waals surface area contributed by atoms with Crippen LogP contribution in [-0.4, -0.2) is 30.8 Å². The van der Waals surface area contributed by atoms with Crippen LogP contribution in [0.3, 0.4) is 0 Å². The normalized spacial score (nSPS) is 11.4. The van der Waals surface area contributed by atoms with Crippen LogP contribution < -0.4 is 15.4 Å². The average Bonchev–Trinajstić information content (AvgIpc) is 2.63. The molecule has 0 aromatic heterocycles. The van der Waals surface area contributed by atoms with Crippen molar-refractivity contribution in [1.29, 1.82) is 0 Å². The second kappa shape index (κ2) is 9.37. The maximum Gasteiger partial charge on any atom is 0.337 e. The van der Waals surface area contributed by atoms with Crippen molar-refractivity contribution in [3.05, 3.63) is 58.7 Å². The van der Waals surface area contributed by atoms with Gasteiger partial charge in [-0.2, -0.15) is 0 Å². The Kier molecular flexibility index (Phi) is 7.19. The largest absolute Gasteiger partial charge is 0.491 e. The highest BCUT2D eigenvalue weighted by Crippen LogP contribution is 2.18. The SMILES string of the molecule is COC(=O)c1ccc(C)c(NC(=S)N[C@@H](C)COc2ccc(C)c(C)c2)c1. The Morgan fingerprint density at radius 2 is 1.78 bits per heavy atom. The zero-order valence-corrected chi connectivity index (χ0v) is 17.2. The summed E-state index contributed by atoms with van der Waals surface area (Å²) in [4.78, 5) is 11.7. The zero-order valence-electron chi connectivity index (χ0n) is 16.4. The van der Waals surface area contributed by atoms with Crippen LogP contribution in [-0.2, 0) is 4.74 Å². The van der Waals surface area contributed by atoms with E-state index in [-0.39, 0.29) is 12.0 Å². The van der Waals surface area contributed by atoms with Crippen molar-refractivity contribution < 1.29 is 14.3 Å². The number of thiocarbonyl (C=S) groups is 1. The standard InChI is InChI=1S/C21H26N2O3S/c1-13-7-9-18(10-15(13)3)26-12-16(4)22-21(27)23-19-11-17(20(24)25-5)8-6-14(19)2/h6-11,16H,12H2,1-5H3,(H2,22,23,27)/t16-/m0/s1. The number of benzene rings is 2. The fourth-order valence-corrected chi connectivity index (χ4v) is 2.76. The first kappa shape index (κ1) is 20.7. The Balaban J connectivity index is 1.91. The highest BCUT2D eigenvalue weighted by molar-refractivity contribution is 7.80. The van der Waals surface area contributed by atoms with Crippen LogP contribution in [0.4, 0.5) is 5.69 Å². The second-order valence-electron chi connectivity index (χ2n) is 6.58. The summed E-state index contributed by atoms with van der Waals surface area (Å²) in [6, 6.07) is 11.4. The third kappa shape index (κ3) is 5.96. The number of ether oxygens (including phenoxy) is 2. The van der Waals surface area contributed by atoms with E-state index in [9.17, 15) is 4.79 Å². The first-order chi connectivity index (χ1) is 12.8. The molecule has 2 rings (SSSR count). The molecule has 0 bridgehead atoms. The molecule has 0 saturated heterocycles. The number of esters is 1. The highest BCUT2D eigenvalue weighted by atomic mass is 32.1. The lowest BCUT2D eigenvalue weighted by molar-refractivity contribution is 0.0601. The lowest BCUT2D eigenvalue weighted by atomic mass is 10.1. The van der Waals surface area contributed by atoms with E-state index < -0.39 is 0 Å². The minimum atomic E-state index is -0.382. The zero-order chi connectivity index (χ0) is 20.0. The van der Waals surface area contributed by atoms with Crippen LogP contribution in [0.5, 0.6) is 5.75 Å². The van der Waals surface area contributed by atoms with E-state index in [0.29, 0.717) is 17.3 Å². The second-order valence-corrected chi connectivity index (χ2v) is 6.99. The molecular formula is C21H26N2O3S. The van der Waals surface area contributed by atoms with Gasteiger partial charge in [-0.3, -0.25) is 0 Å². The van der Waals surface area contributed by atoms with Gasteiger partial charge in [0, 0.05) is 5.69 Å². The summed E-state index contributed by atoms with van der Waals surface area (Å²) in [6.07, 6.45) is 0. The molecule has 0 radical (unpaired) electrons. The number of aryl methyl sites for hydroxylation is 3. The molecule has 0 saturated carbocycles. The van der Waals surface area contributed by atoms with E-state index in [1.54, 1.807) is 12.1 Å². The Morgan fingerprint density at radius 1 is 1.07 bits per heavy atom. The van der Waals surface area contributed by atoms with Crippen LogP contribution in [0.25, 0.3) is 0 Å². The molecule has 0 amide bonds. The van der Waals surface area contributed by atoms with Gasteiger partial charge in [-0.15, -0.1) is 0 Å². The summed E-state index contributed by atoms with van der Waals surface area (Å²) in [6.45, 7) is 8.55. The van der Waals surface area contributed by atoms with E-state index in [1.165, 1.54) is 18.2 Å². The minimum absolute atomic E-state index is 0.00991. The van der Waals surface area contributed by atoms with Gasteiger partial charge >= 0.3 is 5.97 Å². The molecule has 0 aliphatic carbocycles. The topological polar surface area (TPSA) is 59.6 Å². The van der Waals surface area contributed by atoms with Crippen molar-refractivity contribution in [1.82, 2.24) is 5.32 Å². The van der Waals surface area contributed by atoms with Gasteiger partial charge < -0.3 is 20.1 Å². The molecule has 2 aromatic carbocycles. The van der Waals surface area contributed by atoms with Crippen molar-refractivity contribution in [3.8, 4) is 5.75 Å². The molecule has 2 N–H and O–H groups in total. The molecule has 0 fully saturated rings. The smallest absolute Gasteiger partial charge is 0.337 e. The fourth-order valence-electron chi connectivity index (χ4n) is 2.45. The Hall–Kier alpha value is -2.60. The highest BCUT2D eigenvalue weighted by Gasteiger charge is 2.11. The number of carbonyl (C=O) groups is 1. The van der Waals surface area contributed by atoms with Gasteiger partial charge in [0.2, 0.25) is 0 Å². The van der Waals surface area contributed by atoms with Crippen LogP contribution >= 0.6 is 12.2 Å². The average molecular weight is 387 g/mol. The third-order valence-corrected chi connectivity index (χ3v) is 4.48. The molecule has 144 valence electrons. The van der Waals surface area contributed by atoms with Crippen molar-refractivity contribution in [2.24, 2.45) is 0 Å². The van der Waals surface area contributed by atoms with Gasteiger partial charge in [0.05, 0.1) is 18.7 Å². The van der Waals surface area contributed by atoms with Crippen LogP contribution in [0, 0.1) is 20.8 Å². The summed E-state index contributed by atoms with van der Waals surface area (Å²) >= 11 is 5.38. The van der Waals surface area contributed by atoms with Crippen molar-refractivity contribution in [3.63, 3.8) is 0 Å². The number of hydrogen-bond donors (Lipinski definition) is 2. The maximum atomic E-state index is 11.7. The van der Waals surface area contributed by atoms with Crippen LogP contribution in [0.2, 0.25) is 0 Å². The molecule has 6 heteroatoms. The Morgan fingerprint density at radius 3 is 2.44 bits per heavy atom. The van der Waals surface area contributed by atoms with E-state index in [2.05, 4.69) is 24.5 Å². The summed E-state index contributed by atoms with van der Waals surface area (Å²) in [5, 5.41) is 6.79. The van der Waals surface area contributed by atoms with Gasteiger partial charge in [0.25, 0.3) is 0 Å². The molecule has 0 unspecified atom stereocenters. The summed E-state index contributed by atoms with van der Waals surface area (Å²) < 4.78 is 10.6.